The van der Waals surface area contributed by atoms with E-state index in [0.29, 0.717) is 10.8 Å². The lowest BCUT2D eigenvalue weighted by Gasteiger charge is -2.13. The molecule has 2 aromatic heterocycles. The van der Waals surface area contributed by atoms with Crippen LogP contribution in [-0.4, -0.2) is 24.4 Å². The van der Waals surface area contributed by atoms with Crippen molar-refractivity contribution in [2.24, 2.45) is 0 Å². The fourth-order valence-electron chi connectivity index (χ4n) is 4.06. The Morgan fingerprint density at radius 1 is 1.00 bits per heavy atom. The van der Waals surface area contributed by atoms with Gasteiger partial charge in [0.1, 0.15) is 5.65 Å². The first kappa shape index (κ1) is 17.0. The molecule has 0 atom stereocenters. The fraction of sp³-hybridized carbons (Fsp3) is 0.381. The van der Waals surface area contributed by atoms with E-state index in [4.69, 9.17) is 0 Å². The van der Waals surface area contributed by atoms with Gasteiger partial charge in [0, 0.05) is 23.3 Å². The molecule has 0 amide bonds. The molecule has 0 radical (unpaired) electrons. The zero-order valence-electron chi connectivity index (χ0n) is 15.1. The highest BCUT2D eigenvalue weighted by molar-refractivity contribution is 7.89. The molecule has 1 aromatic carbocycles. The summed E-state index contributed by atoms with van der Waals surface area (Å²) in [6, 6.07) is 11.5. The smallest absolute Gasteiger partial charge is 0.240 e. The van der Waals surface area contributed by atoms with Crippen molar-refractivity contribution in [3.05, 3.63) is 48.3 Å². The molecule has 2 fully saturated rings. The first-order valence-electron chi connectivity index (χ1n) is 9.70. The van der Waals surface area contributed by atoms with Crippen LogP contribution in [0.4, 0.5) is 0 Å². The van der Waals surface area contributed by atoms with Crippen LogP contribution in [0.25, 0.3) is 22.2 Å². The minimum absolute atomic E-state index is 0.0789. The van der Waals surface area contributed by atoms with Crippen molar-refractivity contribution in [1.82, 2.24) is 14.7 Å². The van der Waals surface area contributed by atoms with Crippen LogP contribution in [0.5, 0.6) is 0 Å². The highest BCUT2D eigenvalue weighted by Crippen LogP contribution is 2.41. The van der Waals surface area contributed by atoms with Crippen molar-refractivity contribution in [3.8, 4) is 11.1 Å². The van der Waals surface area contributed by atoms with Crippen LogP contribution in [-0.2, 0) is 10.0 Å². The van der Waals surface area contributed by atoms with E-state index >= 15 is 0 Å². The molecule has 27 heavy (non-hydrogen) atoms. The summed E-state index contributed by atoms with van der Waals surface area (Å²) in [5, 5.41) is 1.10. The van der Waals surface area contributed by atoms with Crippen molar-refractivity contribution in [2.45, 2.75) is 55.4 Å². The van der Waals surface area contributed by atoms with Gasteiger partial charge in [0.05, 0.1) is 4.90 Å². The Balaban J connectivity index is 1.45. The van der Waals surface area contributed by atoms with Gasteiger partial charge in [0.25, 0.3) is 0 Å². The Hall–Kier alpha value is -2.18. The number of nitrogens with one attached hydrogen (secondary N) is 2. The van der Waals surface area contributed by atoms with Gasteiger partial charge in [0.15, 0.2) is 0 Å². The van der Waals surface area contributed by atoms with Crippen LogP contribution < -0.4 is 4.72 Å². The number of aromatic amines is 1. The van der Waals surface area contributed by atoms with Crippen molar-refractivity contribution in [1.29, 1.82) is 0 Å². The molecule has 0 bridgehead atoms. The molecule has 6 heteroatoms. The Morgan fingerprint density at radius 3 is 2.44 bits per heavy atom. The number of hydrogen-bond donors (Lipinski definition) is 2. The first-order valence-corrected chi connectivity index (χ1v) is 11.2. The molecular formula is C21H23N3O2S. The van der Waals surface area contributed by atoms with Crippen LogP contribution >= 0.6 is 0 Å². The van der Waals surface area contributed by atoms with E-state index in [1.807, 2.05) is 18.2 Å². The molecule has 140 valence electrons. The first-order chi connectivity index (χ1) is 13.1. The highest BCUT2D eigenvalue weighted by atomic mass is 32.2. The number of rotatable bonds is 5. The lowest BCUT2D eigenvalue weighted by molar-refractivity contribution is 0.552. The fourth-order valence-corrected chi connectivity index (χ4v) is 5.36. The standard InChI is InChI=1S/C21H23N3O2S/c25-27(26,24-16-3-1-2-4-16)17-9-7-14(8-10-17)18-11-12-22-21-19(18)13-20(23-21)15-5-6-15/h7-13,15-16,24H,1-6H2,(H,22,23). The quantitative estimate of drug-likeness (QED) is 0.691. The Morgan fingerprint density at radius 2 is 1.74 bits per heavy atom. The second-order valence-electron chi connectivity index (χ2n) is 7.75. The normalized spacial score (nSPS) is 18.4. The van der Waals surface area contributed by atoms with Crippen molar-refractivity contribution in [2.75, 3.05) is 0 Å². The van der Waals surface area contributed by atoms with Gasteiger partial charge in [-0.1, -0.05) is 25.0 Å². The maximum absolute atomic E-state index is 12.6. The maximum atomic E-state index is 12.6. The number of benzene rings is 1. The van der Waals surface area contributed by atoms with E-state index in [1.165, 1.54) is 18.5 Å². The summed E-state index contributed by atoms with van der Waals surface area (Å²) in [6.45, 7) is 0. The highest BCUT2D eigenvalue weighted by Gasteiger charge is 2.26. The molecule has 0 saturated heterocycles. The van der Waals surface area contributed by atoms with Crippen molar-refractivity contribution in [3.63, 3.8) is 0 Å². The number of nitrogens with zero attached hydrogens (tertiary/aromatic N) is 1. The topological polar surface area (TPSA) is 74.8 Å². The van der Waals surface area contributed by atoms with Gasteiger partial charge in [-0.2, -0.15) is 0 Å². The van der Waals surface area contributed by atoms with E-state index in [9.17, 15) is 8.42 Å². The van der Waals surface area contributed by atoms with E-state index in [1.54, 1.807) is 18.3 Å². The predicted octanol–water partition coefficient (Wildman–Crippen LogP) is 4.33. The molecule has 2 heterocycles. The molecule has 2 saturated carbocycles. The summed E-state index contributed by atoms with van der Waals surface area (Å²) in [5.41, 5.74) is 4.23. The van der Waals surface area contributed by atoms with Gasteiger partial charge in [-0.05, 0) is 67.0 Å². The second-order valence-corrected chi connectivity index (χ2v) is 9.46. The van der Waals surface area contributed by atoms with Crippen LogP contribution in [0.3, 0.4) is 0 Å². The Labute approximate surface area is 159 Å². The average Bonchev–Trinajstić information content (AvgIpc) is 3.22. The molecule has 0 spiro atoms. The van der Waals surface area contributed by atoms with Gasteiger partial charge in [-0.3, -0.25) is 0 Å². The number of fused-ring (bicyclic) bond motifs is 1. The van der Waals surface area contributed by atoms with Crippen molar-refractivity contribution >= 4 is 21.1 Å². The summed E-state index contributed by atoms with van der Waals surface area (Å²) < 4.78 is 28.1. The molecule has 2 aliphatic rings. The van der Waals surface area contributed by atoms with Gasteiger partial charge < -0.3 is 4.98 Å². The van der Waals surface area contributed by atoms with E-state index in [0.717, 1.165) is 47.8 Å². The zero-order chi connectivity index (χ0) is 18.4. The average molecular weight is 382 g/mol. The minimum atomic E-state index is -3.45. The van der Waals surface area contributed by atoms with E-state index in [-0.39, 0.29) is 6.04 Å². The minimum Gasteiger partial charge on any atom is -0.343 e. The summed E-state index contributed by atoms with van der Waals surface area (Å²) in [5.74, 6) is 0.640. The molecule has 0 aliphatic heterocycles. The van der Waals surface area contributed by atoms with Crippen molar-refractivity contribution < 1.29 is 8.42 Å². The molecule has 0 unspecified atom stereocenters. The summed E-state index contributed by atoms with van der Waals surface area (Å²) in [7, 11) is -3.45. The summed E-state index contributed by atoms with van der Waals surface area (Å²) in [4.78, 5) is 8.21. The Kier molecular flexibility index (Phi) is 4.06. The third kappa shape index (κ3) is 3.28. The largest absolute Gasteiger partial charge is 0.343 e. The van der Waals surface area contributed by atoms with Gasteiger partial charge >= 0.3 is 0 Å². The lowest BCUT2D eigenvalue weighted by atomic mass is 10.0. The lowest BCUT2D eigenvalue weighted by Crippen LogP contribution is -2.32. The molecule has 3 aromatic rings. The molecule has 5 rings (SSSR count). The SMILES string of the molecule is O=S(=O)(NC1CCCC1)c1ccc(-c2ccnc3[nH]c(C4CC4)cc23)cc1. The number of sulfonamides is 1. The van der Waals surface area contributed by atoms with Crippen LogP contribution in [0.1, 0.15) is 50.1 Å². The molecule has 2 aliphatic carbocycles. The summed E-state index contributed by atoms with van der Waals surface area (Å²) in [6.07, 6.45) is 8.35. The van der Waals surface area contributed by atoms with Gasteiger partial charge in [-0.15, -0.1) is 0 Å². The Bertz CT molecular complexity index is 1080. The maximum Gasteiger partial charge on any atom is 0.240 e. The van der Waals surface area contributed by atoms with Crippen LogP contribution in [0.15, 0.2) is 47.5 Å². The number of aromatic nitrogens is 2. The van der Waals surface area contributed by atoms with E-state index < -0.39 is 10.0 Å². The monoisotopic (exact) mass is 381 g/mol. The molecular weight excluding hydrogens is 358 g/mol. The van der Waals surface area contributed by atoms with E-state index in [2.05, 4.69) is 20.8 Å². The number of H-pyrrole nitrogens is 1. The molecule has 2 N–H and O–H groups in total. The predicted molar refractivity (Wildman–Crippen MR) is 106 cm³/mol. The van der Waals surface area contributed by atoms with Gasteiger partial charge in [-0.25, -0.2) is 18.1 Å². The van der Waals surface area contributed by atoms with Crippen LogP contribution in [0, 0.1) is 0 Å². The third-order valence-corrected chi connectivity index (χ3v) is 7.26. The third-order valence-electron chi connectivity index (χ3n) is 5.72. The summed E-state index contributed by atoms with van der Waals surface area (Å²) >= 11 is 0. The van der Waals surface area contributed by atoms with Gasteiger partial charge in [0.2, 0.25) is 10.0 Å². The number of hydrogen-bond acceptors (Lipinski definition) is 3. The second kappa shape index (κ2) is 6.46. The van der Waals surface area contributed by atoms with Crippen LogP contribution in [0.2, 0.25) is 0 Å². The zero-order valence-corrected chi connectivity index (χ0v) is 15.9. The molecule has 5 nitrogen and oxygen atoms in total. The number of pyridine rings is 1.